The van der Waals surface area contributed by atoms with Gasteiger partial charge in [-0.15, -0.1) is 0 Å². The van der Waals surface area contributed by atoms with Crippen LogP contribution in [0.15, 0.2) is 23.3 Å². The van der Waals surface area contributed by atoms with Crippen molar-refractivity contribution in [2.45, 2.75) is 19.3 Å². The van der Waals surface area contributed by atoms with Gasteiger partial charge in [0.05, 0.1) is 11.2 Å². The SMILES string of the molecule is O=C(NN=Cc1ccc(Cl)cc1Cl)C(=O)N1CCCCC1. The van der Waals surface area contributed by atoms with Crippen LogP contribution in [0.5, 0.6) is 0 Å². The standard InChI is InChI=1S/C14H15Cl2N3O2/c15-11-5-4-10(12(16)8-11)9-17-18-13(20)14(21)19-6-2-1-3-7-19/h4-5,8-9H,1-3,6-7H2,(H,18,20). The van der Waals surface area contributed by atoms with Gasteiger partial charge in [0.1, 0.15) is 0 Å². The molecule has 0 unspecified atom stereocenters. The Morgan fingerprint density at radius 1 is 1.19 bits per heavy atom. The minimum Gasteiger partial charge on any atom is -0.334 e. The highest BCUT2D eigenvalue weighted by Crippen LogP contribution is 2.19. The summed E-state index contributed by atoms with van der Waals surface area (Å²) in [7, 11) is 0. The molecule has 5 nitrogen and oxygen atoms in total. The number of amides is 2. The van der Waals surface area contributed by atoms with Gasteiger partial charge in [0.2, 0.25) is 0 Å². The van der Waals surface area contributed by atoms with E-state index >= 15 is 0 Å². The van der Waals surface area contributed by atoms with Gasteiger partial charge in [-0.3, -0.25) is 9.59 Å². The van der Waals surface area contributed by atoms with E-state index in [1.165, 1.54) is 6.21 Å². The second-order valence-electron chi connectivity index (χ2n) is 4.72. The molecular formula is C14H15Cl2N3O2. The fourth-order valence-corrected chi connectivity index (χ4v) is 2.51. The van der Waals surface area contributed by atoms with E-state index < -0.39 is 11.8 Å². The normalized spacial score (nSPS) is 15.2. The average Bonchev–Trinajstić information content (AvgIpc) is 2.49. The molecule has 0 radical (unpaired) electrons. The number of carbonyl (C=O) groups excluding carboxylic acids is 2. The summed E-state index contributed by atoms with van der Waals surface area (Å²) in [6.45, 7) is 1.25. The average molecular weight is 328 g/mol. The molecule has 2 amide bonds. The quantitative estimate of drug-likeness (QED) is 0.515. The van der Waals surface area contributed by atoms with E-state index in [0.29, 0.717) is 28.7 Å². The third-order valence-corrected chi connectivity index (χ3v) is 3.73. The number of benzene rings is 1. The van der Waals surface area contributed by atoms with E-state index in [9.17, 15) is 9.59 Å². The van der Waals surface area contributed by atoms with Gasteiger partial charge in [-0.2, -0.15) is 5.10 Å². The number of nitrogens with one attached hydrogen (secondary N) is 1. The molecule has 1 aromatic carbocycles. The zero-order valence-electron chi connectivity index (χ0n) is 11.3. The number of hydrazone groups is 1. The highest BCUT2D eigenvalue weighted by molar-refractivity contribution is 6.36. The Hall–Kier alpha value is -1.59. The minimum atomic E-state index is -0.738. The summed E-state index contributed by atoms with van der Waals surface area (Å²) in [6, 6.07) is 4.91. The van der Waals surface area contributed by atoms with Crippen molar-refractivity contribution in [2.24, 2.45) is 5.10 Å². The lowest BCUT2D eigenvalue weighted by Gasteiger charge is -2.25. The predicted octanol–water partition coefficient (Wildman–Crippen LogP) is 2.46. The molecule has 2 rings (SSSR count). The first-order valence-corrected chi connectivity index (χ1v) is 7.41. The van der Waals surface area contributed by atoms with Crippen molar-refractivity contribution in [3.63, 3.8) is 0 Å². The van der Waals surface area contributed by atoms with Crippen LogP contribution in [0.3, 0.4) is 0 Å². The molecule has 0 atom stereocenters. The molecule has 1 saturated heterocycles. The monoisotopic (exact) mass is 327 g/mol. The summed E-state index contributed by atoms with van der Waals surface area (Å²) in [5.74, 6) is -1.28. The van der Waals surface area contributed by atoms with E-state index in [1.807, 2.05) is 0 Å². The van der Waals surface area contributed by atoms with E-state index in [2.05, 4.69) is 10.5 Å². The minimum absolute atomic E-state index is 0.419. The zero-order chi connectivity index (χ0) is 15.2. The Morgan fingerprint density at radius 2 is 1.90 bits per heavy atom. The molecule has 21 heavy (non-hydrogen) atoms. The van der Waals surface area contributed by atoms with Crippen molar-refractivity contribution >= 4 is 41.2 Å². The van der Waals surface area contributed by atoms with E-state index in [1.54, 1.807) is 23.1 Å². The van der Waals surface area contributed by atoms with Gasteiger partial charge in [0.25, 0.3) is 0 Å². The number of carbonyl (C=O) groups is 2. The molecule has 0 saturated carbocycles. The number of rotatable bonds is 2. The van der Waals surface area contributed by atoms with Gasteiger partial charge in [-0.25, -0.2) is 5.43 Å². The largest absolute Gasteiger partial charge is 0.334 e. The van der Waals surface area contributed by atoms with E-state index in [-0.39, 0.29) is 0 Å². The first-order chi connectivity index (χ1) is 10.1. The van der Waals surface area contributed by atoms with Crippen molar-refractivity contribution < 1.29 is 9.59 Å². The van der Waals surface area contributed by atoms with Crippen LogP contribution < -0.4 is 5.43 Å². The van der Waals surface area contributed by atoms with Crippen molar-refractivity contribution in [1.29, 1.82) is 0 Å². The molecule has 0 aromatic heterocycles. The molecule has 1 fully saturated rings. The topological polar surface area (TPSA) is 61.8 Å². The zero-order valence-corrected chi connectivity index (χ0v) is 12.8. The van der Waals surface area contributed by atoms with Crippen LogP contribution in [-0.4, -0.2) is 36.0 Å². The highest BCUT2D eigenvalue weighted by atomic mass is 35.5. The van der Waals surface area contributed by atoms with Gasteiger partial charge >= 0.3 is 11.8 Å². The number of hydrogen-bond acceptors (Lipinski definition) is 3. The Bertz CT molecular complexity index is 569. The fourth-order valence-electron chi connectivity index (χ4n) is 2.06. The summed E-state index contributed by atoms with van der Waals surface area (Å²) in [5, 5.41) is 4.68. The maximum atomic E-state index is 11.8. The Morgan fingerprint density at radius 3 is 2.57 bits per heavy atom. The van der Waals surface area contributed by atoms with Crippen LogP contribution in [0.25, 0.3) is 0 Å². The van der Waals surface area contributed by atoms with Crippen LogP contribution in [0.1, 0.15) is 24.8 Å². The number of nitrogens with zero attached hydrogens (tertiary/aromatic N) is 2. The molecular weight excluding hydrogens is 313 g/mol. The number of hydrogen-bond donors (Lipinski definition) is 1. The molecule has 1 N–H and O–H groups in total. The second-order valence-corrected chi connectivity index (χ2v) is 5.56. The molecule has 1 aromatic rings. The van der Waals surface area contributed by atoms with Crippen molar-refractivity contribution in [1.82, 2.24) is 10.3 Å². The van der Waals surface area contributed by atoms with Crippen molar-refractivity contribution in [3.8, 4) is 0 Å². The number of halogens is 2. The lowest BCUT2D eigenvalue weighted by Crippen LogP contribution is -2.43. The van der Waals surface area contributed by atoms with Crippen molar-refractivity contribution in [3.05, 3.63) is 33.8 Å². The van der Waals surface area contributed by atoms with Crippen LogP contribution in [0.4, 0.5) is 0 Å². The number of piperidine rings is 1. The van der Waals surface area contributed by atoms with Crippen LogP contribution in [-0.2, 0) is 9.59 Å². The van der Waals surface area contributed by atoms with Gasteiger partial charge in [-0.05, 0) is 31.4 Å². The van der Waals surface area contributed by atoms with Gasteiger partial charge in [0, 0.05) is 23.7 Å². The summed E-state index contributed by atoms with van der Waals surface area (Å²) < 4.78 is 0. The molecule has 0 bridgehead atoms. The van der Waals surface area contributed by atoms with Gasteiger partial charge in [0.15, 0.2) is 0 Å². The van der Waals surface area contributed by atoms with Crippen LogP contribution in [0.2, 0.25) is 10.0 Å². The fraction of sp³-hybridized carbons (Fsp3) is 0.357. The molecule has 0 aliphatic carbocycles. The van der Waals surface area contributed by atoms with Gasteiger partial charge < -0.3 is 4.90 Å². The maximum Gasteiger partial charge on any atom is 0.329 e. The third kappa shape index (κ3) is 4.44. The van der Waals surface area contributed by atoms with Crippen LogP contribution >= 0.6 is 23.2 Å². The molecule has 1 heterocycles. The number of likely N-dealkylation sites (tertiary alicyclic amines) is 1. The Kier molecular flexibility index (Phi) is 5.59. The summed E-state index contributed by atoms with van der Waals surface area (Å²) in [4.78, 5) is 25.1. The first kappa shape index (κ1) is 15.8. The Balaban J connectivity index is 1.90. The third-order valence-electron chi connectivity index (χ3n) is 3.17. The molecule has 1 aliphatic heterocycles. The Labute approximate surface area is 132 Å². The highest BCUT2D eigenvalue weighted by Gasteiger charge is 2.22. The van der Waals surface area contributed by atoms with Crippen LogP contribution in [0, 0.1) is 0 Å². The molecule has 112 valence electrons. The maximum absolute atomic E-state index is 11.8. The van der Waals surface area contributed by atoms with Crippen molar-refractivity contribution in [2.75, 3.05) is 13.1 Å². The molecule has 7 heteroatoms. The lowest BCUT2D eigenvalue weighted by atomic mass is 10.1. The first-order valence-electron chi connectivity index (χ1n) is 6.65. The molecule has 1 aliphatic rings. The van der Waals surface area contributed by atoms with Gasteiger partial charge in [-0.1, -0.05) is 29.3 Å². The van der Waals surface area contributed by atoms with E-state index in [0.717, 1.165) is 19.3 Å². The summed E-state index contributed by atoms with van der Waals surface area (Å²) in [6.07, 6.45) is 4.34. The smallest absolute Gasteiger partial charge is 0.329 e. The predicted molar refractivity (Wildman–Crippen MR) is 82.6 cm³/mol. The molecule has 0 spiro atoms. The second kappa shape index (κ2) is 7.43. The van der Waals surface area contributed by atoms with E-state index in [4.69, 9.17) is 23.2 Å². The lowest BCUT2D eigenvalue weighted by molar-refractivity contribution is -0.146. The summed E-state index contributed by atoms with van der Waals surface area (Å²) in [5.41, 5.74) is 2.82. The summed E-state index contributed by atoms with van der Waals surface area (Å²) >= 11 is 11.7.